The molecule has 1 aliphatic carbocycles. The number of hydrogen-bond acceptors (Lipinski definition) is 4. The summed E-state index contributed by atoms with van der Waals surface area (Å²) in [6.45, 7) is 2.49. The Bertz CT molecular complexity index is 795. The Hall–Kier alpha value is -1.98. The van der Waals surface area contributed by atoms with Crippen molar-refractivity contribution in [3.8, 4) is 0 Å². The van der Waals surface area contributed by atoms with Crippen LogP contribution in [0.4, 0.5) is 0 Å². The molecule has 28 heavy (non-hydrogen) atoms. The normalized spacial score (nSPS) is 24.8. The van der Waals surface area contributed by atoms with E-state index < -0.39 is 0 Å². The van der Waals surface area contributed by atoms with Crippen LogP contribution >= 0.6 is 0 Å². The fraction of sp³-hybridized carbons (Fsp3) is 0.565. The Balaban J connectivity index is 1.46. The van der Waals surface area contributed by atoms with Gasteiger partial charge in [-0.15, -0.1) is 0 Å². The molecule has 4 rings (SSSR count). The Kier molecular flexibility index (Phi) is 6.23. The van der Waals surface area contributed by atoms with Gasteiger partial charge in [-0.05, 0) is 62.4 Å². The van der Waals surface area contributed by atoms with Crippen LogP contribution in [0.2, 0.25) is 0 Å². The molecule has 5 nitrogen and oxygen atoms in total. The van der Waals surface area contributed by atoms with Gasteiger partial charge in [-0.2, -0.15) is 0 Å². The first-order chi connectivity index (χ1) is 13.7. The molecule has 1 aromatic carbocycles. The molecule has 1 atom stereocenters. The smallest absolute Gasteiger partial charge is 0.234 e. The van der Waals surface area contributed by atoms with Gasteiger partial charge in [0.05, 0.1) is 24.2 Å². The Morgan fingerprint density at radius 1 is 1.14 bits per heavy atom. The van der Waals surface area contributed by atoms with Crippen molar-refractivity contribution in [2.75, 3.05) is 19.6 Å². The average Bonchev–Trinajstić information content (AvgIpc) is 2.65. The van der Waals surface area contributed by atoms with Crippen LogP contribution in [0.25, 0.3) is 10.9 Å². The van der Waals surface area contributed by atoms with Crippen molar-refractivity contribution in [2.45, 2.75) is 57.1 Å². The lowest BCUT2D eigenvalue weighted by Crippen LogP contribution is -2.45. The largest absolute Gasteiger partial charge is 0.393 e. The third-order valence-corrected chi connectivity index (χ3v) is 6.22. The molecular weight excluding hydrogens is 350 g/mol. The minimum atomic E-state index is -0.243. The molecule has 2 fully saturated rings. The fourth-order valence-corrected chi connectivity index (χ4v) is 4.53. The van der Waals surface area contributed by atoms with E-state index in [2.05, 4.69) is 27.3 Å². The van der Waals surface area contributed by atoms with E-state index in [1.807, 2.05) is 24.4 Å². The molecule has 150 valence electrons. The first-order valence-corrected chi connectivity index (χ1v) is 10.7. The lowest BCUT2D eigenvalue weighted by atomic mass is 9.75. The number of amides is 1. The van der Waals surface area contributed by atoms with E-state index in [9.17, 15) is 9.90 Å². The summed E-state index contributed by atoms with van der Waals surface area (Å²) in [5.74, 6) is 0.356. The second kappa shape index (κ2) is 9.01. The molecule has 1 aromatic heterocycles. The SMILES string of the molecule is O=C(CN1CCCCCCC1)N[C@@H](c1cnc2ccccc2c1)C1CC(O)C1. The maximum absolute atomic E-state index is 12.8. The summed E-state index contributed by atoms with van der Waals surface area (Å²) in [6.07, 6.45) is 9.33. The molecule has 2 heterocycles. The number of fused-ring (bicyclic) bond motifs is 1. The lowest BCUT2D eigenvalue weighted by molar-refractivity contribution is -0.124. The summed E-state index contributed by atoms with van der Waals surface area (Å²) in [6, 6.07) is 10.1. The second-order valence-corrected chi connectivity index (χ2v) is 8.44. The number of nitrogens with one attached hydrogen (secondary N) is 1. The summed E-state index contributed by atoms with van der Waals surface area (Å²) in [5.41, 5.74) is 2.00. The van der Waals surface area contributed by atoms with Crippen LogP contribution in [0.3, 0.4) is 0 Å². The number of aromatic nitrogens is 1. The summed E-state index contributed by atoms with van der Waals surface area (Å²) >= 11 is 0. The number of para-hydroxylation sites is 1. The molecule has 1 saturated heterocycles. The highest BCUT2D eigenvalue weighted by Gasteiger charge is 2.36. The van der Waals surface area contributed by atoms with Crippen LogP contribution in [0.1, 0.15) is 56.6 Å². The number of nitrogens with zero attached hydrogens (tertiary/aromatic N) is 2. The minimum absolute atomic E-state index is 0.0808. The fourth-order valence-electron chi connectivity index (χ4n) is 4.53. The molecule has 5 heteroatoms. The predicted molar refractivity (Wildman–Crippen MR) is 111 cm³/mol. The van der Waals surface area contributed by atoms with Gasteiger partial charge in [0.25, 0.3) is 0 Å². The minimum Gasteiger partial charge on any atom is -0.393 e. The number of benzene rings is 1. The number of rotatable bonds is 5. The zero-order chi connectivity index (χ0) is 19.3. The van der Waals surface area contributed by atoms with Crippen LogP contribution in [0.5, 0.6) is 0 Å². The molecule has 0 radical (unpaired) electrons. The number of hydrogen-bond donors (Lipinski definition) is 2. The van der Waals surface area contributed by atoms with Gasteiger partial charge in [0.15, 0.2) is 0 Å². The van der Waals surface area contributed by atoms with Gasteiger partial charge in [-0.25, -0.2) is 0 Å². The molecule has 2 aromatic rings. The molecule has 1 saturated carbocycles. The van der Waals surface area contributed by atoms with Crippen LogP contribution in [-0.2, 0) is 4.79 Å². The van der Waals surface area contributed by atoms with E-state index in [0.717, 1.165) is 42.4 Å². The van der Waals surface area contributed by atoms with Crippen LogP contribution in [0.15, 0.2) is 36.5 Å². The number of pyridine rings is 1. The molecule has 1 aliphatic heterocycles. The van der Waals surface area contributed by atoms with Crippen molar-refractivity contribution in [3.05, 3.63) is 42.1 Å². The highest BCUT2D eigenvalue weighted by molar-refractivity contribution is 5.80. The Labute approximate surface area is 167 Å². The molecule has 1 amide bonds. The highest BCUT2D eigenvalue weighted by Crippen LogP contribution is 2.38. The lowest BCUT2D eigenvalue weighted by Gasteiger charge is -2.38. The number of likely N-dealkylation sites (tertiary alicyclic amines) is 1. The third kappa shape index (κ3) is 4.70. The van der Waals surface area contributed by atoms with Gasteiger partial charge in [0.2, 0.25) is 5.91 Å². The van der Waals surface area contributed by atoms with E-state index in [1.54, 1.807) is 0 Å². The van der Waals surface area contributed by atoms with Gasteiger partial charge >= 0.3 is 0 Å². The summed E-state index contributed by atoms with van der Waals surface area (Å²) < 4.78 is 0. The van der Waals surface area contributed by atoms with Gasteiger partial charge in [-0.1, -0.05) is 37.5 Å². The van der Waals surface area contributed by atoms with E-state index in [4.69, 9.17) is 0 Å². The predicted octanol–water partition coefficient (Wildman–Crippen LogP) is 3.43. The third-order valence-electron chi connectivity index (χ3n) is 6.22. The molecular formula is C23H31N3O2. The monoisotopic (exact) mass is 381 g/mol. The Morgan fingerprint density at radius 3 is 2.61 bits per heavy atom. The van der Waals surface area contributed by atoms with Crippen molar-refractivity contribution < 1.29 is 9.90 Å². The summed E-state index contributed by atoms with van der Waals surface area (Å²) in [7, 11) is 0. The highest BCUT2D eigenvalue weighted by atomic mass is 16.3. The quantitative estimate of drug-likeness (QED) is 0.833. The molecule has 2 aliphatic rings. The molecule has 0 unspecified atom stereocenters. The zero-order valence-corrected chi connectivity index (χ0v) is 16.5. The maximum atomic E-state index is 12.8. The van der Waals surface area contributed by atoms with Crippen molar-refractivity contribution in [1.29, 1.82) is 0 Å². The number of carbonyl (C=O) groups excluding carboxylic acids is 1. The van der Waals surface area contributed by atoms with Crippen LogP contribution < -0.4 is 5.32 Å². The van der Waals surface area contributed by atoms with E-state index in [0.29, 0.717) is 6.54 Å². The van der Waals surface area contributed by atoms with Crippen LogP contribution in [0, 0.1) is 5.92 Å². The first kappa shape index (κ1) is 19.3. The zero-order valence-electron chi connectivity index (χ0n) is 16.5. The second-order valence-electron chi connectivity index (χ2n) is 8.44. The van der Waals surface area contributed by atoms with E-state index in [1.165, 1.54) is 32.1 Å². The van der Waals surface area contributed by atoms with Crippen molar-refractivity contribution in [3.63, 3.8) is 0 Å². The van der Waals surface area contributed by atoms with Crippen molar-refractivity contribution in [2.24, 2.45) is 5.92 Å². The number of aliphatic hydroxyl groups is 1. The maximum Gasteiger partial charge on any atom is 0.234 e. The van der Waals surface area contributed by atoms with Gasteiger partial charge in [0.1, 0.15) is 0 Å². The number of aliphatic hydroxyl groups excluding tert-OH is 1. The molecule has 2 N–H and O–H groups in total. The van der Waals surface area contributed by atoms with Crippen molar-refractivity contribution in [1.82, 2.24) is 15.2 Å². The topological polar surface area (TPSA) is 65.5 Å². The molecule has 0 spiro atoms. The molecule has 0 bridgehead atoms. The standard InChI is InChI=1S/C23H31N3O2/c27-20-13-18(14-20)23(19-12-17-8-4-5-9-21(17)24-15-19)25-22(28)16-26-10-6-2-1-3-7-11-26/h4-5,8-9,12,15,18,20,23,27H,1-3,6-7,10-11,13-14,16H2,(H,25,28)/t18?,20?,23-/m1/s1. The summed E-state index contributed by atoms with van der Waals surface area (Å²) in [5, 5.41) is 14.2. The van der Waals surface area contributed by atoms with Crippen molar-refractivity contribution >= 4 is 16.8 Å². The van der Waals surface area contributed by atoms with E-state index >= 15 is 0 Å². The van der Waals surface area contributed by atoms with E-state index in [-0.39, 0.29) is 24.0 Å². The summed E-state index contributed by atoms with van der Waals surface area (Å²) in [4.78, 5) is 19.7. The Morgan fingerprint density at radius 2 is 1.86 bits per heavy atom. The average molecular weight is 382 g/mol. The van der Waals surface area contributed by atoms with Gasteiger partial charge < -0.3 is 10.4 Å². The number of carbonyl (C=O) groups is 1. The first-order valence-electron chi connectivity index (χ1n) is 10.7. The van der Waals surface area contributed by atoms with Gasteiger partial charge in [-0.3, -0.25) is 14.7 Å². The van der Waals surface area contributed by atoms with Gasteiger partial charge in [0, 0.05) is 11.6 Å². The van der Waals surface area contributed by atoms with Crippen LogP contribution in [-0.4, -0.2) is 46.6 Å².